The molecule has 0 saturated heterocycles. The second-order valence-corrected chi connectivity index (χ2v) is 4.63. The molecular formula is C14H13BrO. The topological polar surface area (TPSA) is 9.23 Å². The van der Waals surface area contributed by atoms with Crippen molar-refractivity contribution in [2.75, 3.05) is 7.11 Å². The van der Waals surface area contributed by atoms with Gasteiger partial charge in [-0.1, -0.05) is 45.8 Å². The summed E-state index contributed by atoms with van der Waals surface area (Å²) in [5.41, 5.74) is 3.56. The quantitative estimate of drug-likeness (QED) is 0.788. The van der Waals surface area contributed by atoms with E-state index in [-0.39, 0.29) is 0 Å². The van der Waals surface area contributed by atoms with E-state index in [1.807, 2.05) is 12.1 Å². The van der Waals surface area contributed by atoms with Crippen molar-refractivity contribution < 1.29 is 4.74 Å². The number of hydrogen-bond acceptors (Lipinski definition) is 1. The van der Waals surface area contributed by atoms with Crippen molar-refractivity contribution >= 4 is 15.9 Å². The lowest BCUT2D eigenvalue weighted by molar-refractivity contribution is 0.416. The summed E-state index contributed by atoms with van der Waals surface area (Å²) >= 11 is 3.44. The van der Waals surface area contributed by atoms with Crippen LogP contribution in [0.1, 0.15) is 5.56 Å². The summed E-state index contributed by atoms with van der Waals surface area (Å²) in [6.45, 7) is 2.09. The molecule has 0 N–H and O–H groups in total. The number of ether oxygens (including phenoxy) is 1. The average molecular weight is 277 g/mol. The molecule has 0 unspecified atom stereocenters. The van der Waals surface area contributed by atoms with Gasteiger partial charge in [-0.05, 0) is 30.7 Å². The van der Waals surface area contributed by atoms with E-state index in [9.17, 15) is 0 Å². The molecule has 2 aromatic carbocycles. The number of hydrogen-bond donors (Lipinski definition) is 0. The lowest BCUT2D eigenvalue weighted by Gasteiger charge is -2.09. The van der Waals surface area contributed by atoms with Crippen molar-refractivity contribution in [2.24, 2.45) is 0 Å². The van der Waals surface area contributed by atoms with Crippen molar-refractivity contribution in [3.63, 3.8) is 0 Å². The first-order valence-corrected chi connectivity index (χ1v) is 5.90. The smallest absolute Gasteiger partial charge is 0.127 e. The van der Waals surface area contributed by atoms with E-state index in [0.29, 0.717) is 0 Å². The van der Waals surface area contributed by atoms with Gasteiger partial charge in [-0.2, -0.15) is 0 Å². The molecule has 0 aliphatic rings. The summed E-state index contributed by atoms with van der Waals surface area (Å²) in [5.74, 6) is 0.887. The van der Waals surface area contributed by atoms with E-state index < -0.39 is 0 Å². The van der Waals surface area contributed by atoms with Crippen LogP contribution in [0.3, 0.4) is 0 Å². The van der Waals surface area contributed by atoms with Crippen LogP contribution in [-0.2, 0) is 0 Å². The monoisotopic (exact) mass is 276 g/mol. The maximum atomic E-state index is 5.38. The van der Waals surface area contributed by atoms with Crippen molar-refractivity contribution in [2.45, 2.75) is 6.92 Å². The van der Waals surface area contributed by atoms with Crippen molar-refractivity contribution in [1.82, 2.24) is 0 Å². The van der Waals surface area contributed by atoms with E-state index in [2.05, 4.69) is 53.2 Å². The van der Waals surface area contributed by atoms with Gasteiger partial charge >= 0.3 is 0 Å². The van der Waals surface area contributed by atoms with Gasteiger partial charge in [-0.25, -0.2) is 0 Å². The molecule has 0 spiro atoms. The Morgan fingerprint density at radius 1 is 1.00 bits per heavy atom. The summed E-state index contributed by atoms with van der Waals surface area (Å²) in [6.07, 6.45) is 0. The maximum absolute atomic E-state index is 5.38. The minimum absolute atomic E-state index is 0.887. The van der Waals surface area contributed by atoms with Gasteiger partial charge in [0.05, 0.1) is 7.11 Å². The number of aryl methyl sites for hydroxylation is 1. The van der Waals surface area contributed by atoms with E-state index in [1.54, 1.807) is 7.11 Å². The second kappa shape index (κ2) is 4.71. The zero-order chi connectivity index (χ0) is 11.5. The molecule has 0 saturated carbocycles. The van der Waals surface area contributed by atoms with Crippen LogP contribution in [-0.4, -0.2) is 7.11 Å². The maximum Gasteiger partial charge on any atom is 0.127 e. The van der Waals surface area contributed by atoms with Gasteiger partial charge in [0.1, 0.15) is 5.75 Å². The molecule has 0 heterocycles. The fourth-order valence-electron chi connectivity index (χ4n) is 1.64. The third-order valence-corrected chi connectivity index (χ3v) is 3.02. The first kappa shape index (κ1) is 11.2. The molecular weight excluding hydrogens is 264 g/mol. The Hall–Kier alpha value is -1.28. The summed E-state index contributed by atoms with van der Waals surface area (Å²) in [6, 6.07) is 14.5. The minimum Gasteiger partial charge on any atom is -0.496 e. The number of benzene rings is 2. The van der Waals surface area contributed by atoms with Crippen LogP contribution in [0.25, 0.3) is 11.1 Å². The molecule has 2 aromatic rings. The highest BCUT2D eigenvalue weighted by Crippen LogP contribution is 2.32. The summed E-state index contributed by atoms with van der Waals surface area (Å²) in [4.78, 5) is 0. The third-order valence-electron chi connectivity index (χ3n) is 2.53. The van der Waals surface area contributed by atoms with E-state index in [0.717, 1.165) is 15.8 Å². The van der Waals surface area contributed by atoms with Crippen LogP contribution < -0.4 is 4.74 Å². The summed E-state index contributed by atoms with van der Waals surface area (Å²) < 4.78 is 6.41. The molecule has 2 rings (SSSR count). The van der Waals surface area contributed by atoms with Gasteiger partial charge in [0.15, 0.2) is 0 Å². The average Bonchev–Trinajstić information content (AvgIpc) is 2.30. The lowest BCUT2D eigenvalue weighted by Crippen LogP contribution is -1.88. The van der Waals surface area contributed by atoms with E-state index in [1.165, 1.54) is 11.1 Å². The molecule has 82 valence electrons. The summed E-state index contributed by atoms with van der Waals surface area (Å²) in [5, 5.41) is 0. The molecule has 0 aliphatic heterocycles. The molecule has 0 fully saturated rings. The van der Waals surface area contributed by atoms with Crippen LogP contribution in [0, 0.1) is 6.92 Å². The van der Waals surface area contributed by atoms with Crippen LogP contribution in [0.4, 0.5) is 0 Å². The first-order valence-electron chi connectivity index (χ1n) is 5.11. The highest BCUT2D eigenvalue weighted by molar-refractivity contribution is 9.10. The Kier molecular flexibility index (Phi) is 3.30. The Morgan fingerprint density at radius 3 is 2.31 bits per heavy atom. The highest BCUT2D eigenvalue weighted by atomic mass is 79.9. The van der Waals surface area contributed by atoms with Gasteiger partial charge in [0.2, 0.25) is 0 Å². The SMILES string of the molecule is COc1cc(Br)ccc1-c1ccc(C)cc1. The number of methoxy groups -OCH3 is 1. The summed E-state index contributed by atoms with van der Waals surface area (Å²) in [7, 11) is 1.69. The van der Waals surface area contributed by atoms with Crippen LogP contribution in [0.2, 0.25) is 0 Å². The molecule has 0 radical (unpaired) electrons. The Balaban J connectivity index is 2.51. The van der Waals surface area contributed by atoms with Gasteiger partial charge in [-0.15, -0.1) is 0 Å². The zero-order valence-corrected chi connectivity index (χ0v) is 10.9. The van der Waals surface area contributed by atoms with Crippen molar-refractivity contribution in [3.05, 3.63) is 52.5 Å². The first-order chi connectivity index (χ1) is 7.70. The van der Waals surface area contributed by atoms with Gasteiger partial charge in [0, 0.05) is 10.0 Å². The fraction of sp³-hybridized carbons (Fsp3) is 0.143. The molecule has 16 heavy (non-hydrogen) atoms. The van der Waals surface area contributed by atoms with Gasteiger partial charge in [0.25, 0.3) is 0 Å². The predicted molar refractivity (Wildman–Crippen MR) is 70.9 cm³/mol. The molecule has 0 aromatic heterocycles. The molecule has 2 heteroatoms. The highest BCUT2D eigenvalue weighted by Gasteiger charge is 2.05. The van der Waals surface area contributed by atoms with E-state index >= 15 is 0 Å². The van der Waals surface area contributed by atoms with E-state index in [4.69, 9.17) is 4.74 Å². The van der Waals surface area contributed by atoms with Crippen molar-refractivity contribution in [1.29, 1.82) is 0 Å². The van der Waals surface area contributed by atoms with Crippen LogP contribution >= 0.6 is 15.9 Å². The fourth-order valence-corrected chi connectivity index (χ4v) is 1.98. The lowest BCUT2D eigenvalue weighted by atomic mass is 10.0. The number of halogens is 1. The van der Waals surface area contributed by atoms with Crippen LogP contribution in [0.15, 0.2) is 46.9 Å². The third kappa shape index (κ3) is 2.27. The van der Waals surface area contributed by atoms with Gasteiger partial charge in [-0.3, -0.25) is 0 Å². The minimum atomic E-state index is 0.887. The molecule has 0 atom stereocenters. The van der Waals surface area contributed by atoms with Gasteiger partial charge < -0.3 is 4.74 Å². The molecule has 0 aliphatic carbocycles. The predicted octanol–water partition coefficient (Wildman–Crippen LogP) is 4.43. The Bertz CT molecular complexity index is 489. The Morgan fingerprint density at radius 2 is 1.69 bits per heavy atom. The molecule has 0 amide bonds. The standard InChI is InChI=1S/C14H13BrO/c1-10-3-5-11(6-4-10)13-8-7-12(15)9-14(13)16-2/h3-9H,1-2H3. The van der Waals surface area contributed by atoms with Crippen LogP contribution in [0.5, 0.6) is 5.75 Å². The second-order valence-electron chi connectivity index (χ2n) is 3.71. The largest absolute Gasteiger partial charge is 0.496 e. The number of rotatable bonds is 2. The molecule has 0 bridgehead atoms. The zero-order valence-electron chi connectivity index (χ0n) is 9.33. The normalized spacial score (nSPS) is 10.2. The van der Waals surface area contributed by atoms with Crippen molar-refractivity contribution in [3.8, 4) is 16.9 Å². The molecule has 1 nitrogen and oxygen atoms in total. The Labute approximate surface area is 104 Å².